The minimum absolute atomic E-state index is 0. The standard InChI is InChI=1S/C25H64N2O7Si6.C21H54O8Si6.C3H9N.2C2H4.16CH4/c1-16-17-18-22-29-24-40(15,33-38(12,13)31-36(7,8)9)34-39(14,32-37(10,11)30-35(4,5)6)23-25(28)26-20-19-21-27(2)3;1-15-16-17-18-24-20-35(14,28-33(11,12)26-31(6,7)8)29-34(13,19-21(22)23-2)27-32(9,10)25-30(3,4)5;1-4(2)3;2*1-2;;;;;;;;;;;;;;;;/h16-24H2,1-15H3,(H,26,28);15-20H2,1-14H3;1-3H3;2*1-2H2;16*1H4. The van der Waals surface area contributed by atoms with Crippen molar-refractivity contribution in [3.63, 3.8) is 0 Å². The van der Waals surface area contributed by atoms with Crippen molar-refractivity contribution in [2.75, 3.05) is 81.1 Å². The Kier molecular flexibility index (Phi) is 115. The lowest BCUT2D eigenvalue weighted by molar-refractivity contribution is -0.138. The highest BCUT2D eigenvalue weighted by atomic mass is 28.5. The van der Waals surface area contributed by atoms with Crippen LogP contribution < -0.4 is 5.32 Å². The molecule has 0 aromatic heterocycles. The van der Waals surface area contributed by atoms with Gasteiger partial charge in [0.25, 0.3) is 0 Å². The first-order valence-corrected chi connectivity index (χ1v) is 64.9. The van der Waals surface area contributed by atoms with Gasteiger partial charge in [0, 0.05) is 19.8 Å². The number of methoxy groups -OCH3 is 1. The van der Waals surface area contributed by atoms with Gasteiger partial charge >= 0.3 is 74.5 Å². The van der Waals surface area contributed by atoms with E-state index in [0.717, 1.165) is 51.5 Å². The quantitative estimate of drug-likeness (QED) is 0.0265. The van der Waals surface area contributed by atoms with Crippen molar-refractivity contribution in [2.45, 2.75) is 347 Å². The van der Waals surface area contributed by atoms with Crippen molar-refractivity contribution >= 4 is 114 Å². The molecule has 18 nitrogen and oxygen atoms in total. The van der Waals surface area contributed by atoms with Crippen molar-refractivity contribution in [2.24, 2.45) is 0 Å². The number of unbranched alkanes of at least 4 members (excludes halogenated alkanes) is 4. The zero-order chi connectivity index (χ0) is 66.8. The third kappa shape index (κ3) is 101. The Morgan fingerprint density at radius 2 is 0.576 bits per heavy atom. The summed E-state index contributed by atoms with van der Waals surface area (Å²) in [4.78, 5) is 29.8. The summed E-state index contributed by atoms with van der Waals surface area (Å²) in [7, 11) is -18.5. The molecule has 0 radical (unpaired) electrons. The van der Waals surface area contributed by atoms with E-state index in [1.807, 2.05) is 79.4 Å². The summed E-state index contributed by atoms with van der Waals surface area (Å²) < 4.78 is 84.3. The highest BCUT2D eigenvalue weighted by Crippen LogP contribution is 2.32. The number of nitrogens with one attached hydrogen (secondary N) is 1. The Balaban J connectivity index is -0.0000000511. The number of carbonyl (C=O) groups is 2. The second-order valence-electron chi connectivity index (χ2n) is 27.9. The number of carbonyl (C=O) groups excluding carboxylic acids is 2. The molecule has 1 amide bonds. The van der Waals surface area contributed by atoms with Crippen LogP contribution in [0.15, 0.2) is 26.3 Å². The van der Waals surface area contributed by atoms with E-state index in [1.165, 1.54) is 7.11 Å². The molecule has 0 fully saturated rings. The van der Waals surface area contributed by atoms with E-state index >= 15 is 0 Å². The fourth-order valence-electron chi connectivity index (χ4n) is 9.11. The molecule has 0 aliphatic heterocycles. The van der Waals surface area contributed by atoms with Crippen molar-refractivity contribution < 1.29 is 65.0 Å². The molecule has 0 aliphatic carbocycles. The molecule has 4 atom stereocenters. The van der Waals surface area contributed by atoms with Gasteiger partial charge in [-0.25, -0.2) is 0 Å². The highest BCUT2D eigenvalue weighted by Gasteiger charge is 2.54. The molecular weight excluding hydrogens is 1450 g/mol. The van der Waals surface area contributed by atoms with Gasteiger partial charge in [-0.3, -0.25) is 9.59 Å². The average Bonchev–Trinajstić information content (AvgIpc) is 3.21. The Bertz CT molecular complexity index is 1730. The second-order valence-corrected chi connectivity index (χ2v) is 74.5. The summed E-state index contributed by atoms with van der Waals surface area (Å²) in [5.74, 6) is -0.409. The third-order valence-electron chi connectivity index (χ3n) is 9.71. The highest BCUT2D eigenvalue weighted by molar-refractivity contribution is 6.94. The van der Waals surface area contributed by atoms with Crippen LogP contribution in [0.2, 0.25) is 169 Å². The SMILES string of the molecule is C.C.C.C.C.C.C.C.C.C.C.C.C.C.C.C.C=C.C=C.CCCCCOC[Si](C)(O[Si](C)(C)O[Si](C)(C)C)O[Si](C)(CC(=O)NCCCN(C)C)O[Si](C)(C)O[Si](C)(C)C.CCCCCOC[Si](C)(O[Si](C)(C)O[Si](C)(C)C)O[Si](C)(CC(=O)OC)O[Si](C)(C)O[Si](C)(C)C.CN(C)C. The van der Waals surface area contributed by atoms with Crippen molar-refractivity contribution in [1.29, 1.82) is 0 Å². The first-order chi connectivity index (χ1) is 37.2. The molecule has 0 rings (SSSR count). The molecule has 30 heteroatoms. The minimum Gasteiger partial charge on any atom is -0.469 e. The molecule has 0 bridgehead atoms. The monoisotopic (exact) mass is 1650 g/mol. The van der Waals surface area contributed by atoms with Crippen LogP contribution in [0.1, 0.15) is 178 Å². The summed E-state index contributed by atoms with van der Waals surface area (Å²) in [6.45, 7) is 69.5. The first kappa shape index (κ1) is 157. The van der Waals surface area contributed by atoms with Crippen LogP contribution in [-0.4, -0.2) is 205 Å². The van der Waals surface area contributed by atoms with E-state index in [0.29, 0.717) is 32.2 Å². The van der Waals surface area contributed by atoms with Crippen LogP contribution in [0, 0.1) is 0 Å². The summed E-state index contributed by atoms with van der Waals surface area (Å²) in [6.07, 6.45) is 8.09. The van der Waals surface area contributed by atoms with Crippen LogP contribution in [0.25, 0.3) is 0 Å². The molecule has 0 saturated carbocycles. The third-order valence-corrected chi connectivity index (χ3v) is 52.4. The van der Waals surface area contributed by atoms with Crippen LogP contribution in [0.5, 0.6) is 0 Å². The van der Waals surface area contributed by atoms with E-state index < -0.39 is 102 Å². The maximum atomic E-state index is 13.2. The minimum atomic E-state index is -3.13. The largest absolute Gasteiger partial charge is 0.469 e. The van der Waals surface area contributed by atoms with Crippen LogP contribution in [0.3, 0.4) is 0 Å². The van der Waals surface area contributed by atoms with Crippen LogP contribution in [0.4, 0.5) is 0 Å². The number of nitrogens with zero attached hydrogens (tertiary/aromatic N) is 2. The van der Waals surface area contributed by atoms with Crippen molar-refractivity contribution in [3.8, 4) is 0 Å². The number of hydrogen-bond donors (Lipinski definition) is 1. The molecular formula is C69H199N3O15Si12. The summed E-state index contributed by atoms with van der Waals surface area (Å²) >= 11 is 0. The molecule has 0 aromatic rings. The summed E-state index contributed by atoms with van der Waals surface area (Å²) in [5, 5.41) is 3.08. The van der Waals surface area contributed by atoms with E-state index in [1.54, 1.807) is 0 Å². The fraction of sp³-hybridized carbons (Fsp3) is 0.913. The van der Waals surface area contributed by atoms with Gasteiger partial charge in [0.2, 0.25) is 5.91 Å². The van der Waals surface area contributed by atoms with Gasteiger partial charge in [0.05, 0.1) is 31.7 Å². The maximum absolute atomic E-state index is 13.2. The Morgan fingerprint density at radius 1 is 0.343 bits per heavy atom. The zero-order valence-electron chi connectivity index (χ0n) is 60.0. The van der Waals surface area contributed by atoms with Gasteiger partial charge in [-0.1, -0.05) is 158 Å². The predicted molar refractivity (Wildman–Crippen MR) is 489 cm³/mol. The van der Waals surface area contributed by atoms with Crippen LogP contribution in [-0.2, 0) is 65.0 Å². The van der Waals surface area contributed by atoms with E-state index in [2.05, 4.69) is 168 Å². The lowest BCUT2D eigenvalue weighted by Crippen LogP contribution is -2.64. The van der Waals surface area contributed by atoms with E-state index in [9.17, 15) is 9.59 Å². The van der Waals surface area contributed by atoms with Gasteiger partial charge in [0.15, 0.2) is 33.3 Å². The van der Waals surface area contributed by atoms with Gasteiger partial charge in [-0.2, -0.15) is 0 Å². The summed E-state index contributed by atoms with van der Waals surface area (Å²) in [6, 6.07) is 0.243. The van der Waals surface area contributed by atoms with Crippen molar-refractivity contribution in [3.05, 3.63) is 26.3 Å². The zero-order valence-corrected chi connectivity index (χ0v) is 72.0. The average molecular weight is 1650 g/mol. The first-order valence-electron chi connectivity index (χ1n) is 29.9. The fourth-order valence-corrected chi connectivity index (χ4v) is 65.5. The topological polar surface area (TPSA) is 173 Å². The Labute approximate surface area is 643 Å². The number of esters is 1. The second kappa shape index (κ2) is 72.7. The number of hydrogen-bond acceptors (Lipinski definition) is 17. The lowest BCUT2D eigenvalue weighted by Gasteiger charge is -2.44. The Hall–Kier alpha value is 0.463. The predicted octanol–water partition coefficient (Wildman–Crippen LogP) is 24.3. The lowest BCUT2D eigenvalue weighted by atomic mass is 10.3. The van der Waals surface area contributed by atoms with E-state index in [4.69, 9.17) is 55.4 Å². The molecule has 0 heterocycles. The number of ether oxygens (including phenoxy) is 3. The molecule has 0 aromatic carbocycles. The molecule has 1 N–H and O–H groups in total. The molecule has 0 aliphatic rings. The number of amides is 1. The molecule has 99 heavy (non-hydrogen) atoms. The number of rotatable bonds is 40. The molecule has 0 saturated heterocycles. The summed E-state index contributed by atoms with van der Waals surface area (Å²) in [5.41, 5.74) is 0. The smallest absolute Gasteiger partial charge is 0.344 e. The maximum Gasteiger partial charge on any atom is 0.344 e. The van der Waals surface area contributed by atoms with Crippen molar-refractivity contribution in [1.82, 2.24) is 15.1 Å². The normalized spacial score (nSPS) is 13.2. The van der Waals surface area contributed by atoms with Crippen LogP contribution >= 0.6 is 0 Å². The Morgan fingerprint density at radius 3 is 0.788 bits per heavy atom. The van der Waals surface area contributed by atoms with Gasteiger partial charge < -0.3 is 70.5 Å². The molecule has 0 spiro atoms. The van der Waals surface area contributed by atoms with Gasteiger partial charge in [-0.15, -0.1) is 26.3 Å². The van der Waals surface area contributed by atoms with Gasteiger partial charge in [0.1, 0.15) is 0 Å². The van der Waals surface area contributed by atoms with Gasteiger partial charge in [-0.05, 0) is 218 Å². The molecule has 628 valence electrons. The molecule has 4 unspecified atom stereocenters. The van der Waals surface area contributed by atoms with E-state index in [-0.39, 0.29) is 143 Å².